The van der Waals surface area contributed by atoms with Crippen molar-refractivity contribution in [3.8, 4) is 0 Å². The van der Waals surface area contributed by atoms with Crippen molar-refractivity contribution in [1.29, 1.82) is 0 Å². The lowest BCUT2D eigenvalue weighted by atomic mass is 9.93. The van der Waals surface area contributed by atoms with Gasteiger partial charge in [-0.3, -0.25) is 24.1 Å². The summed E-state index contributed by atoms with van der Waals surface area (Å²) in [7, 11) is 0. The van der Waals surface area contributed by atoms with E-state index in [9.17, 15) is 28.8 Å². The first-order valence-corrected chi connectivity index (χ1v) is 18.3. The summed E-state index contributed by atoms with van der Waals surface area (Å²) >= 11 is 0. The van der Waals surface area contributed by atoms with E-state index in [4.69, 9.17) is 26.7 Å². The molecule has 14 heteroatoms. The molecule has 0 saturated carbocycles. The zero-order valence-corrected chi connectivity index (χ0v) is 34.0. The standard InChI is InChI=1S/C25H29N3O5.C17H27N3O3/c1-14-10-16(21(26)29)11-15(2)20(14)12-17(27-24(32)33-25(3,4)5)13-28-22(30)18-8-6-7-9-19(18)23(28)31;1-10-6-12(15(19)21)7-11(2)14(10)8-13(9-18)20-16(22)23-17(3,4)5/h6-11,17H,12-13H2,1-5H3,(H2,26,29)(H,27,32);6-7,13H,8-9,18H2,1-5H3,(H2,19,21)(H,20,22)/t17-;13-/m00/s1. The first-order chi connectivity index (χ1) is 25.9. The number of nitrogens with zero attached hydrogens (tertiary/aromatic N) is 1. The fourth-order valence-electron chi connectivity index (χ4n) is 6.34. The summed E-state index contributed by atoms with van der Waals surface area (Å²) in [6, 6.07) is 12.7. The molecule has 1 heterocycles. The van der Waals surface area contributed by atoms with E-state index >= 15 is 0 Å². The number of benzene rings is 3. The van der Waals surface area contributed by atoms with E-state index < -0.39 is 53.1 Å². The van der Waals surface area contributed by atoms with Crippen LogP contribution in [0.1, 0.15) is 116 Å². The molecule has 4 rings (SSSR count). The van der Waals surface area contributed by atoms with Gasteiger partial charge in [0.15, 0.2) is 0 Å². The van der Waals surface area contributed by atoms with Gasteiger partial charge in [-0.05, 0) is 152 Å². The number of rotatable bonds is 11. The molecule has 0 unspecified atom stereocenters. The van der Waals surface area contributed by atoms with E-state index in [2.05, 4.69) is 10.6 Å². The molecule has 0 bridgehead atoms. The number of amides is 6. The minimum Gasteiger partial charge on any atom is -0.444 e. The van der Waals surface area contributed by atoms with Crippen LogP contribution in [0.2, 0.25) is 0 Å². The van der Waals surface area contributed by atoms with Gasteiger partial charge in [-0.1, -0.05) is 12.1 Å². The summed E-state index contributed by atoms with van der Waals surface area (Å²) in [4.78, 5) is 74.2. The average molecular weight is 773 g/mol. The zero-order valence-electron chi connectivity index (χ0n) is 34.0. The van der Waals surface area contributed by atoms with Gasteiger partial charge in [0.1, 0.15) is 11.2 Å². The number of hydrogen-bond acceptors (Lipinski definition) is 9. The molecule has 0 aromatic heterocycles. The molecule has 0 aliphatic carbocycles. The predicted octanol–water partition coefficient (Wildman–Crippen LogP) is 4.93. The Morgan fingerprint density at radius 3 is 1.30 bits per heavy atom. The number of carbonyl (C=O) groups is 6. The van der Waals surface area contributed by atoms with Crippen molar-refractivity contribution in [2.45, 2.75) is 105 Å². The van der Waals surface area contributed by atoms with Crippen molar-refractivity contribution in [3.63, 3.8) is 0 Å². The highest BCUT2D eigenvalue weighted by molar-refractivity contribution is 6.21. The van der Waals surface area contributed by atoms with Crippen molar-refractivity contribution in [2.24, 2.45) is 17.2 Å². The van der Waals surface area contributed by atoms with Crippen LogP contribution < -0.4 is 27.8 Å². The maximum Gasteiger partial charge on any atom is 0.407 e. The van der Waals surface area contributed by atoms with E-state index in [-0.39, 0.29) is 19.1 Å². The minimum absolute atomic E-state index is 0.0258. The van der Waals surface area contributed by atoms with Gasteiger partial charge in [-0.2, -0.15) is 0 Å². The molecule has 56 heavy (non-hydrogen) atoms. The van der Waals surface area contributed by atoms with Crippen LogP contribution in [0.4, 0.5) is 9.59 Å². The largest absolute Gasteiger partial charge is 0.444 e. The van der Waals surface area contributed by atoms with Crippen molar-refractivity contribution in [1.82, 2.24) is 15.5 Å². The summed E-state index contributed by atoms with van der Waals surface area (Å²) in [5.74, 6) is -1.78. The third-order valence-corrected chi connectivity index (χ3v) is 8.87. The quantitative estimate of drug-likeness (QED) is 0.166. The number of aryl methyl sites for hydroxylation is 4. The number of nitrogens with two attached hydrogens (primary N) is 3. The van der Waals surface area contributed by atoms with Gasteiger partial charge in [0.05, 0.1) is 23.7 Å². The SMILES string of the molecule is Cc1cc(C(N)=O)cc(C)c1C[C@@H](CN)NC(=O)OC(C)(C)C.Cc1cc(C(N)=O)cc(C)c1C[C@@H](CN1C(=O)c2ccccc2C1=O)NC(=O)OC(C)(C)C. The molecule has 0 spiro atoms. The van der Waals surface area contributed by atoms with Crippen LogP contribution in [0.15, 0.2) is 48.5 Å². The Morgan fingerprint density at radius 1 is 0.643 bits per heavy atom. The third kappa shape index (κ3) is 12.4. The molecule has 6 amide bonds. The van der Waals surface area contributed by atoms with Crippen molar-refractivity contribution in [3.05, 3.63) is 104 Å². The lowest BCUT2D eigenvalue weighted by molar-refractivity contribution is 0.0467. The third-order valence-electron chi connectivity index (χ3n) is 8.87. The second-order valence-electron chi connectivity index (χ2n) is 16.0. The zero-order chi connectivity index (χ0) is 42.3. The Hall–Kier alpha value is -5.76. The number of carbonyl (C=O) groups excluding carboxylic acids is 6. The van der Waals surface area contributed by atoms with E-state index in [1.54, 1.807) is 90.1 Å². The van der Waals surface area contributed by atoms with Crippen molar-refractivity contribution in [2.75, 3.05) is 13.1 Å². The Kier molecular flexibility index (Phi) is 14.5. The molecule has 302 valence electrons. The van der Waals surface area contributed by atoms with Gasteiger partial charge in [-0.25, -0.2) is 9.59 Å². The predicted molar refractivity (Wildman–Crippen MR) is 213 cm³/mol. The first kappa shape index (κ1) is 44.6. The fourth-order valence-corrected chi connectivity index (χ4v) is 6.34. The molecular formula is C42H56N6O8. The van der Waals surface area contributed by atoms with E-state index in [0.717, 1.165) is 38.3 Å². The smallest absolute Gasteiger partial charge is 0.407 e. The Labute approximate surface area is 328 Å². The molecule has 0 fully saturated rings. The van der Waals surface area contributed by atoms with Crippen LogP contribution in [-0.2, 0) is 22.3 Å². The highest BCUT2D eigenvalue weighted by Gasteiger charge is 2.37. The second kappa shape index (κ2) is 18.2. The Bertz CT molecular complexity index is 1910. The van der Waals surface area contributed by atoms with Gasteiger partial charge in [-0.15, -0.1) is 0 Å². The molecule has 8 N–H and O–H groups in total. The van der Waals surface area contributed by atoms with Crippen LogP contribution in [-0.4, -0.2) is 77.1 Å². The molecule has 3 aromatic carbocycles. The van der Waals surface area contributed by atoms with Crippen molar-refractivity contribution < 1.29 is 38.2 Å². The number of ether oxygens (including phenoxy) is 2. The summed E-state index contributed by atoms with van der Waals surface area (Å²) in [5.41, 5.74) is 22.3. The van der Waals surface area contributed by atoms with E-state index in [0.29, 0.717) is 35.1 Å². The molecule has 1 aliphatic heterocycles. The molecule has 3 aromatic rings. The van der Waals surface area contributed by atoms with Gasteiger partial charge >= 0.3 is 12.2 Å². The molecule has 0 radical (unpaired) electrons. The average Bonchev–Trinajstić information content (AvgIpc) is 3.30. The monoisotopic (exact) mass is 772 g/mol. The lowest BCUT2D eigenvalue weighted by Gasteiger charge is -2.27. The number of alkyl carbamates (subject to hydrolysis) is 2. The van der Waals surface area contributed by atoms with Crippen molar-refractivity contribution >= 4 is 35.8 Å². The number of hydrogen-bond donors (Lipinski definition) is 5. The molecule has 14 nitrogen and oxygen atoms in total. The minimum atomic E-state index is -0.709. The van der Waals surface area contributed by atoms with Gasteiger partial charge in [0.25, 0.3) is 11.8 Å². The molecular weight excluding hydrogens is 716 g/mol. The van der Waals surface area contributed by atoms with Gasteiger partial charge in [0.2, 0.25) is 11.8 Å². The second-order valence-corrected chi connectivity index (χ2v) is 16.0. The van der Waals surface area contributed by atoms with E-state index in [1.807, 2.05) is 27.7 Å². The highest BCUT2D eigenvalue weighted by atomic mass is 16.6. The summed E-state index contributed by atoms with van der Waals surface area (Å²) in [6.07, 6.45) is -0.249. The molecule has 2 atom stereocenters. The number of imide groups is 1. The normalized spacial score (nSPS) is 13.5. The van der Waals surface area contributed by atoms with Gasteiger partial charge in [0, 0.05) is 23.7 Å². The van der Waals surface area contributed by atoms with E-state index in [1.165, 1.54) is 0 Å². The highest BCUT2D eigenvalue weighted by Crippen LogP contribution is 2.25. The fraction of sp³-hybridized carbons (Fsp3) is 0.429. The molecule has 0 saturated heterocycles. The maximum absolute atomic E-state index is 12.9. The van der Waals surface area contributed by atoms with Crippen LogP contribution in [0, 0.1) is 27.7 Å². The maximum atomic E-state index is 12.9. The first-order valence-electron chi connectivity index (χ1n) is 18.3. The van der Waals surface area contributed by atoms with Crippen LogP contribution >= 0.6 is 0 Å². The Morgan fingerprint density at radius 2 is 0.982 bits per heavy atom. The number of nitrogens with one attached hydrogen (secondary N) is 2. The van der Waals surface area contributed by atoms with Crippen LogP contribution in [0.5, 0.6) is 0 Å². The summed E-state index contributed by atoms with van der Waals surface area (Å²) in [6.45, 7) is 18.5. The lowest BCUT2D eigenvalue weighted by Crippen LogP contribution is -2.48. The summed E-state index contributed by atoms with van der Waals surface area (Å²) < 4.78 is 10.6. The number of primary amides is 2. The van der Waals surface area contributed by atoms with Crippen LogP contribution in [0.25, 0.3) is 0 Å². The Balaban J connectivity index is 0.000000322. The summed E-state index contributed by atoms with van der Waals surface area (Å²) in [5, 5.41) is 5.60. The molecule has 1 aliphatic rings. The van der Waals surface area contributed by atoms with Gasteiger partial charge < -0.3 is 37.3 Å². The van der Waals surface area contributed by atoms with Crippen LogP contribution in [0.3, 0.4) is 0 Å². The number of fused-ring (bicyclic) bond motifs is 1. The topological polar surface area (TPSA) is 226 Å².